The lowest BCUT2D eigenvalue weighted by atomic mass is 9.95. The smallest absolute Gasteiger partial charge is 0.312 e. The molecule has 1 aliphatic rings. The summed E-state index contributed by atoms with van der Waals surface area (Å²) in [6.45, 7) is 0. The van der Waals surface area contributed by atoms with E-state index in [1.165, 1.54) is 19.3 Å². The van der Waals surface area contributed by atoms with Gasteiger partial charge in [0.25, 0.3) is 0 Å². The Morgan fingerprint density at radius 3 is 2.56 bits per heavy atom. The normalized spacial score (nSPS) is 18.1. The van der Waals surface area contributed by atoms with E-state index >= 15 is 0 Å². The molecule has 4 N–H and O–H groups in total. The van der Waals surface area contributed by atoms with Crippen molar-refractivity contribution in [3.05, 3.63) is 0 Å². The number of nitrogens with one attached hydrogen (secondary N) is 2. The van der Waals surface area contributed by atoms with Crippen LogP contribution in [0.1, 0.15) is 38.5 Å². The first-order valence-corrected chi connectivity index (χ1v) is 7.88. The number of amides is 3. The summed E-state index contributed by atoms with van der Waals surface area (Å²) in [6.07, 6.45) is 8.26. The van der Waals surface area contributed by atoms with Crippen LogP contribution in [0.2, 0.25) is 0 Å². The molecular weight excluding hydrogens is 250 g/mol. The number of carbonyl (C=O) groups is 2. The largest absolute Gasteiger partial charge is 0.352 e. The van der Waals surface area contributed by atoms with E-state index in [1.54, 1.807) is 11.8 Å². The summed E-state index contributed by atoms with van der Waals surface area (Å²) >= 11 is 1.65. The maximum atomic E-state index is 12.1. The van der Waals surface area contributed by atoms with Crippen LogP contribution in [0.25, 0.3) is 0 Å². The molecule has 0 aromatic heterocycles. The van der Waals surface area contributed by atoms with Gasteiger partial charge in [-0.25, -0.2) is 4.79 Å². The van der Waals surface area contributed by atoms with Crippen LogP contribution in [-0.4, -0.2) is 36.0 Å². The van der Waals surface area contributed by atoms with Crippen molar-refractivity contribution in [1.29, 1.82) is 0 Å². The van der Waals surface area contributed by atoms with Gasteiger partial charge in [-0.2, -0.15) is 11.8 Å². The zero-order valence-corrected chi connectivity index (χ0v) is 11.7. The summed E-state index contributed by atoms with van der Waals surface area (Å²) in [4.78, 5) is 23.0. The molecule has 0 aromatic carbocycles. The lowest BCUT2D eigenvalue weighted by Crippen LogP contribution is -2.51. The quantitative estimate of drug-likeness (QED) is 0.680. The molecule has 0 unspecified atom stereocenters. The third-order valence-electron chi connectivity index (χ3n) is 3.20. The minimum atomic E-state index is -0.639. The maximum absolute atomic E-state index is 12.1. The summed E-state index contributed by atoms with van der Waals surface area (Å²) in [5, 5.41) is 5.53. The second kappa shape index (κ2) is 8.24. The van der Waals surface area contributed by atoms with Gasteiger partial charge >= 0.3 is 6.03 Å². The fourth-order valence-corrected chi connectivity index (χ4v) is 2.70. The second-order valence-electron chi connectivity index (χ2n) is 4.69. The lowest BCUT2D eigenvalue weighted by Gasteiger charge is -2.25. The fourth-order valence-electron chi connectivity index (χ4n) is 2.22. The van der Waals surface area contributed by atoms with Crippen molar-refractivity contribution in [1.82, 2.24) is 10.6 Å². The van der Waals surface area contributed by atoms with Gasteiger partial charge < -0.3 is 16.4 Å². The number of thioether (sulfide) groups is 1. The van der Waals surface area contributed by atoms with Gasteiger partial charge in [-0.05, 0) is 31.3 Å². The van der Waals surface area contributed by atoms with Crippen molar-refractivity contribution in [2.45, 2.75) is 50.6 Å². The predicted octanol–water partition coefficient (Wildman–Crippen LogP) is 1.23. The summed E-state index contributed by atoms with van der Waals surface area (Å²) in [6, 6.07) is -0.880. The van der Waals surface area contributed by atoms with E-state index in [0.717, 1.165) is 18.6 Å². The fraction of sp³-hybridized carbons (Fsp3) is 0.833. The predicted molar refractivity (Wildman–Crippen MR) is 74.5 cm³/mol. The van der Waals surface area contributed by atoms with E-state index in [4.69, 9.17) is 5.73 Å². The molecule has 0 bridgehead atoms. The molecule has 1 atom stereocenters. The van der Waals surface area contributed by atoms with E-state index in [9.17, 15) is 9.59 Å². The highest BCUT2D eigenvalue weighted by molar-refractivity contribution is 7.98. The second-order valence-corrected chi connectivity index (χ2v) is 5.67. The van der Waals surface area contributed by atoms with Gasteiger partial charge in [-0.3, -0.25) is 4.79 Å². The van der Waals surface area contributed by atoms with E-state index < -0.39 is 12.1 Å². The highest BCUT2D eigenvalue weighted by Gasteiger charge is 2.23. The Labute approximate surface area is 113 Å². The van der Waals surface area contributed by atoms with Gasteiger partial charge in [0, 0.05) is 6.04 Å². The molecule has 0 saturated heterocycles. The van der Waals surface area contributed by atoms with E-state index in [1.807, 2.05) is 6.26 Å². The lowest BCUT2D eigenvalue weighted by molar-refractivity contribution is -0.123. The number of primary amides is 1. The molecule has 1 rings (SSSR count). The molecule has 1 fully saturated rings. The van der Waals surface area contributed by atoms with E-state index in [-0.39, 0.29) is 11.9 Å². The Kier molecular flexibility index (Phi) is 6.93. The van der Waals surface area contributed by atoms with E-state index in [0.29, 0.717) is 6.42 Å². The maximum Gasteiger partial charge on any atom is 0.312 e. The number of rotatable bonds is 6. The van der Waals surface area contributed by atoms with Crippen LogP contribution in [-0.2, 0) is 4.79 Å². The van der Waals surface area contributed by atoms with Gasteiger partial charge in [0.2, 0.25) is 5.91 Å². The molecule has 0 radical (unpaired) electrons. The topological polar surface area (TPSA) is 84.2 Å². The van der Waals surface area contributed by atoms with Crippen molar-refractivity contribution in [2.75, 3.05) is 12.0 Å². The number of nitrogens with two attached hydrogens (primary N) is 1. The van der Waals surface area contributed by atoms with Crippen molar-refractivity contribution in [2.24, 2.45) is 5.73 Å². The number of carbonyl (C=O) groups excluding carboxylic acids is 2. The third-order valence-corrected chi connectivity index (χ3v) is 3.84. The molecule has 0 spiro atoms. The first-order chi connectivity index (χ1) is 8.63. The molecule has 6 heteroatoms. The van der Waals surface area contributed by atoms with Gasteiger partial charge in [0.05, 0.1) is 0 Å². The molecule has 5 nitrogen and oxygen atoms in total. The van der Waals surface area contributed by atoms with Crippen LogP contribution < -0.4 is 16.4 Å². The Hall–Kier alpha value is -0.910. The Bertz CT molecular complexity index is 280. The van der Waals surface area contributed by atoms with Gasteiger partial charge in [0.1, 0.15) is 6.04 Å². The first kappa shape index (κ1) is 15.1. The molecule has 104 valence electrons. The van der Waals surface area contributed by atoms with Crippen LogP contribution in [0, 0.1) is 0 Å². The molecule has 0 aromatic rings. The highest BCUT2D eigenvalue weighted by atomic mass is 32.2. The molecule has 0 heterocycles. The van der Waals surface area contributed by atoms with Gasteiger partial charge in [-0.1, -0.05) is 19.3 Å². The SMILES string of the molecule is CSCC[C@H](NC(N)=O)C(=O)NC1CCCCC1. The van der Waals surface area contributed by atoms with Gasteiger partial charge in [-0.15, -0.1) is 0 Å². The Morgan fingerprint density at radius 2 is 2.00 bits per heavy atom. The van der Waals surface area contributed by atoms with Crippen LogP contribution >= 0.6 is 11.8 Å². The van der Waals surface area contributed by atoms with Crippen molar-refractivity contribution < 1.29 is 9.59 Å². The Morgan fingerprint density at radius 1 is 1.33 bits per heavy atom. The molecular formula is C12H23N3O2S. The van der Waals surface area contributed by atoms with Crippen molar-refractivity contribution in [3.8, 4) is 0 Å². The first-order valence-electron chi connectivity index (χ1n) is 6.48. The number of urea groups is 1. The molecule has 3 amide bonds. The minimum Gasteiger partial charge on any atom is -0.352 e. The van der Waals surface area contributed by atoms with Crippen LogP contribution in [0.5, 0.6) is 0 Å². The molecule has 0 aliphatic heterocycles. The average molecular weight is 273 g/mol. The summed E-state index contributed by atoms with van der Waals surface area (Å²) in [7, 11) is 0. The Balaban J connectivity index is 2.43. The van der Waals surface area contributed by atoms with Gasteiger partial charge in [0.15, 0.2) is 0 Å². The number of hydrogen-bond donors (Lipinski definition) is 3. The minimum absolute atomic E-state index is 0.102. The van der Waals surface area contributed by atoms with Crippen molar-refractivity contribution in [3.63, 3.8) is 0 Å². The highest BCUT2D eigenvalue weighted by Crippen LogP contribution is 2.17. The summed E-state index contributed by atoms with van der Waals surface area (Å²) < 4.78 is 0. The van der Waals surface area contributed by atoms with E-state index in [2.05, 4.69) is 10.6 Å². The third kappa shape index (κ3) is 5.62. The molecule has 18 heavy (non-hydrogen) atoms. The van der Waals surface area contributed by atoms with Crippen LogP contribution in [0.4, 0.5) is 4.79 Å². The van der Waals surface area contributed by atoms with Crippen LogP contribution in [0.3, 0.4) is 0 Å². The summed E-state index contributed by atoms with van der Waals surface area (Å²) in [5.74, 6) is 0.720. The van der Waals surface area contributed by atoms with Crippen molar-refractivity contribution >= 4 is 23.7 Å². The monoisotopic (exact) mass is 273 g/mol. The number of hydrogen-bond acceptors (Lipinski definition) is 3. The standard InChI is InChI=1S/C12H23N3O2S/c1-18-8-7-10(15-12(13)17)11(16)14-9-5-3-2-4-6-9/h9-10H,2-8H2,1H3,(H,14,16)(H3,13,15,17)/t10-/m0/s1. The zero-order valence-electron chi connectivity index (χ0n) is 10.9. The molecule has 1 aliphatic carbocycles. The molecule has 1 saturated carbocycles. The zero-order chi connectivity index (χ0) is 13.4. The summed E-state index contributed by atoms with van der Waals surface area (Å²) in [5.41, 5.74) is 5.10. The van der Waals surface area contributed by atoms with Crippen LogP contribution in [0.15, 0.2) is 0 Å². The average Bonchev–Trinajstić information content (AvgIpc) is 2.35.